The van der Waals surface area contributed by atoms with Crippen molar-refractivity contribution in [2.45, 2.75) is 6.29 Å². The van der Waals surface area contributed by atoms with E-state index in [1.54, 1.807) is 24.3 Å². The fraction of sp³-hybridized carbons (Fsp3) is 0.125. The number of aliphatic hydroxyl groups excluding tert-OH is 1. The minimum absolute atomic E-state index is 0.456. The van der Waals surface area contributed by atoms with Gasteiger partial charge in [0.25, 0.3) is 0 Å². The summed E-state index contributed by atoms with van der Waals surface area (Å²) in [4.78, 5) is 0. The number of nitrogens with two attached hydrogens (primary N) is 2. The maximum atomic E-state index is 8.69. The highest BCUT2D eigenvalue weighted by atomic mass is 16.5. The Bertz CT molecular complexity index is 323. The van der Waals surface area contributed by atoms with Crippen LogP contribution in [0.15, 0.2) is 24.3 Å². The standard InChI is InChI=1S/C8H12N4O2/c9-5-1-3-6(4-2-5)12(11)7(10)8(13)14/h1-4,8,10,13-14H,9,11H2. The van der Waals surface area contributed by atoms with Crippen molar-refractivity contribution < 1.29 is 10.2 Å². The topological polar surface area (TPSA) is 120 Å². The van der Waals surface area contributed by atoms with E-state index in [0.717, 1.165) is 5.01 Å². The summed E-state index contributed by atoms with van der Waals surface area (Å²) in [5.74, 6) is 4.93. The van der Waals surface area contributed by atoms with Crippen LogP contribution >= 0.6 is 0 Å². The molecule has 1 rings (SSSR count). The van der Waals surface area contributed by atoms with E-state index in [1.807, 2.05) is 0 Å². The van der Waals surface area contributed by atoms with Crippen molar-refractivity contribution >= 4 is 17.2 Å². The number of nitrogens with one attached hydrogen (secondary N) is 1. The van der Waals surface area contributed by atoms with Gasteiger partial charge in [-0.1, -0.05) is 0 Å². The van der Waals surface area contributed by atoms with Gasteiger partial charge in [0.2, 0.25) is 6.29 Å². The number of hydrogen-bond acceptors (Lipinski definition) is 5. The second-order valence-electron chi connectivity index (χ2n) is 2.72. The molecule has 0 unspecified atom stereocenters. The molecule has 14 heavy (non-hydrogen) atoms. The van der Waals surface area contributed by atoms with Crippen molar-refractivity contribution in [2.24, 2.45) is 5.84 Å². The molecule has 0 aliphatic heterocycles. The summed E-state index contributed by atoms with van der Waals surface area (Å²) in [5, 5.41) is 25.5. The molecule has 0 amide bonds. The van der Waals surface area contributed by atoms with E-state index in [2.05, 4.69) is 0 Å². The summed E-state index contributed by atoms with van der Waals surface area (Å²) in [5.41, 5.74) is 6.47. The van der Waals surface area contributed by atoms with Crippen molar-refractivity contribution in [3.05, 3.63) is 24.3 Å². The Labute approximate surface area is 80.8 Å². The molecule has 0 aliphatic rings. The monoisotopic (exact) mass is 196 g/mol. The second kappa shape index (κ2) is 4.05. The molecule has 0 saturated carbocycles. The van der Waals surface area contributed by atoms with Crippen molar-refractivity contribution in [1.29, 1.82) is 5.41 Å². The van der Waals surface area contributed by atoms with E-state index in [4.69, 9.17) is 27.2 Å². The average Bonchev–Trinajstić information content (AvgIpc) is 2.16. The Balaban J connectivity index is 2.84. The minimum atomic E-state index is -1.89. The highest BCUT2D eigenvalue weighted by Crippen LogP contribution is 2.13. The Morgan fingerprint density at radius 1 is 1.29 bits per heavy atom. The summed E-state index contributed by atoms with van der Waals surface area (Å²) in [7, 11) is 0. The lowest BCUT2D eigenvalue weighted by Gasteiger charge is -2.20. The van der Waals surface area contributed by atoms with Gasteiger partial charge in [-0.05, 0) is 24.3 Å². The number of rotatable bonds is 2. The number of benzene rings is 1. The van der Waals surface area contributed by atoms with E-state index in [9.17, 15) is 0 Å². The third kappa shape index (κ3) is 2.19. The lowest BCUT2D eigenvalue weighted by Crippen LogP contribution is -2.43. The maximum Gasteiger partial charge on any atom is 0.213 e. The number of nitrogens with zero attached hydrogens (tertiary/aromatic N) is 1. The molecular formula is C8H12N4O2. The summed E-state index contributed by atoms with van der Waals surface area (Å²) in [6.07, 6.45) is -1.89. The lowest BCUT2D eigenvalue weighted by atomic mass is 10.3. The zero-order chi connectivity index (χ0) is 10.7. The van der Waals surface area contributed by atoms with Crippen LogP contribution in [-0.4, -0.2) is 22.3 Å². The van der Waals surface area contributed by atoms with Crippen LogP contribution in [0.2, 0.25) is 0 Å². The fourth-order valence-electron chi connectivity index (χ4n) is 0.898. The minimum Gasteiger partial charge on any atom is -0.399 e. The van der Waals surface area contributed by atoms with Crippen molar-refractivity contribution in [3.8, 4) is 0 Å². The van der Waals surface area contributed by atoms with Gasteiger partial charge in [0.15, 0.2) is 5.84 Å². The summed E-state index contributed by atoms with van der Waals surface area (Å²) >= 11 is 0. The van der Waals surface area contributed by atoms with Gasteiger partial charge < -0.3 is 15.9 Å². The Morgan fingerprint density at radius 2 is 1.79 bits per heavy atom. The average molecular weight is 196 g/mol. The van der Waals surface area contributed by atoms with Gasteiger partial charge in [-0.2, -0.15) is 0 Å². The molecule has 6 heteroatoms. The number of nitrogen functional groups attached to an aromatic ring is 1. The van der Waals surface area contributed by atoms with Gasteiger partial charge in [-0.25, -0.2) is 5.84 Å². The third-order valence-corrected chi connectivity index (χ3v) is 1.68. The van der Waals surface area contributed by atoms with Crippen LogP contribution in [0.5, 0.6) is 0 Å². The van der Waals surface area contributed by atoms with E-state index in [1.165, 1.54) is 0 Å². The predicted octanol–water partition coefficient (Wildman–Crippen LogP) is -0.763. The van der Waals surface area contributed by atoms with Crippen LogP contribution in [-0.2, 0) is 0 Å². The van der Waals surface area contributed by atoms with Crippen molar-refractivity contribution in [1.82, 2.24) is 0 Å². The molecule has 0 fully saturated rings. The molecule has 0 spiro atoms. The quantitative estimate of drug-likeness (QED) is 0.106. The smallest absolute Gasteiger partial charge is 0.213 e. The van der Waals surface area contributed by atoms with E-state index in [-0.39, 0.29) is 0 Å². The summed E-state index contributed by atoms with van der Waals surface area (Å²) < 4.78 is 0. The van der Waals surface area contributed by atoms with Crippen LogP contribution < -0.4 is 16.6 Å². The normalized spacial score (nSPS) is 10.3. The maximum absolute atomic E-state index is 8.69. The van der Waals surface area contributed by atoms with E-state index < -0.39 is 12.1 Å². The van der Waals surface area contributed by atoms with Crippen molar-refractivity contribution in [2.75, 3.05) is 10.7 Å². The van der Waals surface area contributed by atoms with Gasteiger partial charge in [-0.3, -0.25) is 10.4 Å². The first-order valence-electron chi connectivity index (χ1n) is 3.87. The second-order valence-corrected chi connectivity index (χ2v) is 2.72. The van der Waals surface area contributed by atoms with Gasteiger partial charge in [0.05, 0.1) is 5.69 Å². The fourth-order valence-corrected chi connectivity index (χ4v) is 0.898. The molecular weight excluding hydrogens is 184 g/mol. The zero-order valence-electron chi connectivity index (χ0n) is 7.38. The molecule has 7 N–H and O–H groups in total. The van der Waals surface area contributed by atoms with Gasteiger partial charge in [0.1, 0.15) is 0 Å². The predicted molar refractivity (Wildman–Crippen MR) is 53.5 cm³/mol. The van der Waals surface area contributed by atoms with Gasteiger partial charge in [0, 0.05) is 5.69 Å². The molecule has 1 aromatic rings. The molecule has 0 atom stereocenters. The summed E-state index contributed by atoms with van der Waals surface area (Å²) in [6.45, 7) is 0. The summed E-state index contributed by atoms with van der Waals surface area (Å²) in [6, 6.07) is 6.36. The van der Waals surface area contributed by atoms with Crippen LogP contribution in [0.25, 0.3) is 0 Å². The van der Waals surface area contributed by atoms with Crippen LogP contribution in [0, 0.1) is 5.41 Å². The molecule has 76 valence electrons. The molecule has 0 bridgehead atoms. The van der Waals surface area contributed by atoms with Crippen LogP contribution in [0.3, 0.4) is 0 Å². The number of amidine groups is 1. The van der Waals surface area contributed by atoms with E-state index in [0.29, 0.717) is 11.4 Å². The first-order chi connectivity index (χ1) is 6.52. The van der Waals surface area contributed by atoms with Crippen LogP contribution in [0.4, 0.5) is 11.4 Å². The molecule has 0 radical (unpaired) electrons. The number of aliphatic hydroxyl groups is 2. The molecule has 6 nitrogen and oxygen atoms in total. The molecule has 0 aliphatic carbocycles. The molecule has 1 aromatic carbocycles. The zero-order valence-corrected chi connectivity index (χ0v) is 7.38. The largest absolute Gasteiger partial charge is 0.399 e. The first kappa shape index (κ1) is 10.5. The highest BCUT2D eigenvalue weighted by molar-refractivity contribution is 5.96. The molecule has 0 heterocycles. The Hall–Kier alpha value is -1.63. The first-order valence-corrected chi connectivity index (χ1v) is 3.87. The third-order valence-electron chi connectivity index (χ3n) is 1.68. The number of hydrazine groups is 1. The Morgan fingerprint density at radius 3 is 2.21 bits per heavy atom. The van der Waals surface area contributed by atoms with Crippen molar-refractivity contribution in [3.63, 3.8) is 0 Å². The SMILES string of the molecule is N=C(C(O)O)N(N)c1ccc(N)cc1. The van der Waals surface area contributed by atoms with Gasteiger partial charge in [-0.15, -0.1) is 0 Å². The number of hydrogen-bond donors (Lipinski definition) is 5. The van der Waals surface area contributed by atoms with Gasteiger partial charge >= 0.3 is 0 Å². The number of anilines is 2. The molecule has 0 saturated heterocycles. The highest BCUT2D eigenvalue weighted by Gasteiger charge is 2.13. The Kier molecular flexibility index (Phi) is 3.03. The molecule has 0 aromatic heterocycles. The lowest BCUT2D eigenvalue weighted by molar-refractivity contribution is 0.0175. The van der Waals surface area contributed by atoms with E-state index >= 15 is 0 Å². The van der Waals surface area contributed by atoms with Crippen LogP contribution in [0.1, 0.15) is 0 Å².